The van der Waals surface area contributed by atoms with E-state index < -0.39 is 0 Å². The first-order chi connectivity index (χ1) is 6.62. The predicted octanol–water partition coefficient (Wildman–Crippen LogP) is 2.14. The molecule has 2 heteroatoms. The Morgan fingerprint density at radius 1 is 1.50 bits per heavy atom. The van der Waals surface area contributed by atoms with Crippen LogP contribution < -0.4 is 11.1 Å². The smallest absolute Gasteiger partial charge is 0.0303 e. The highest BCUT2D eigenvalue weighted by Gasteiger charge is 2.33. The molecule has 0 radical (unpaired) electrons. The van der Waals surface area contributed by atoms with Gasteiger partial charge in [-0.25, -0.2) is 0 Å². The molecule has 1 fully saturated rings. The summed E-state index contributed by atoms with van der Waals surface area (Å²) in [6.45, 7) is 5.42. The second kappa shape index (κ2) is 5.13. The summed E-state index contributed by atoms with van der Waals surface area (Å²) in [5.41, 5.74) is 6.13. The second-order valence-electron chi connectivity index (χ2n) is 5.33. The predicted molar refractivity (Wildman–Crippen MR) is 62.3 cm³/mol. The van der Waals surface area contributed by atoms with Crippen LogP contribution in [0, 0.1) is 11.8 Å². The van der Waals surface area contributed by atoms with Crippen molar-refractivity contribution >= 4 is 0 Å². The standard InChI is InChI=1S/C12H26N2/c1-10(2)7-11-5-4-6-12(8-11,9-13)14-3/h10-11,14H,4-9,13H2,1-3H3. The van der Waals surface area contributed by atoms with Crippen LogP contribution in [0.1, 0.15) is 46.0 Å². The molecule has 0 heterocycles. The third kappa shape index (κ3) is 2.96. The van der Waals surface area contributed by atoms with Crippen molar-refractivity contribution in [3.63, 3.8) is 0 Å². The Morgan fingerprint density at radius 2 is 2.21 bits per heavy atom. The Morgan fingerprint density at radius 3 is 2.71 bits per heavy atom. The topological polar surface area (TPSA) is 38.0 Å². The third-order valence-corrected chi connectivity index (χ3v) is 3.67. The zero-order valence-corrected chi connectivity index (χ0v) is 9.97. The molecule has 0 aromatic carbocycles. The molecular weight excluding hydrogens is 172 g/mol. The molecule has 0 aromatic rings. The molecule has 1 aliphatic carbocycles. The number of rotatable bonds is 4. The minimum Gasteiger partial charge on any atom is -0.329 e. The minimum atomic E-state index is 0.248. The van der Waals surface area contributed by atoms with Gasteiger partial charge in [-0.05, 0) is 38.1 Å². The Balaban J connectivity index is 2.49. The average molecular weight is 198 g/mol. The van der Waals surface area contributed by atoms with Crippen LogP contribution in [0.3, 0.4) is 0 Å². The SMILES string of the molecule is CNC1(CN)CCCC(CC(C)C)C1. The molecule has 2 unspecified atom stereocenters. The van der Waals surface area contributed by atoms with E-state index in [1.165, 1.54) is 32.1 Å². The van der Waals surface area contributed by atoms with Gasteiger partial charge in [-0.2, -0.15) is 0 Å². The lowest BCUT2D eigenvalue weighted by molar-refractivity contribution is 0.177. The van der Waals surface area contributed by atoms with Crippen molar-refractivity contribution in [1.82, 2.24) is 5.32 Å². The van der Waals surface area contributed by atoms with Crippen molar-refractivity contribution in [3.8, 4) is 0 Å². The molecule has 1 aliphatic rings. The Kier molecular flexibility index (Phi) is 4.39. The van der Waals surface area contributed by atoms with Crippen LogP contribution in [-0.2, 0) is 0 Å². The lowest BCUT2D eigenvalue weighted by Gasteiger charge is -2.40. The highest BCUT2D eigenvalue weighted by Crippen LogP contribution is 2.34. The number of nitrogens with one attached hydrogen (secondary N) is 1. The van der Waals surface area contributed by atoms with Crippen LogP contribution >= 0.6 is 0 Å². The normalized spacial score (nSPS) is 33.6. The van der Waals surface area contributed by atoms with Gasteiger partial charge in [-0.1, -0.05) is 26.7 Å². The highest BCUT2D eigenvalue weighted by molar-refractivity contribution is 4.93. The van der Waals surface area contributed by atoms with E-state index in [1.807, 2.05) is 0 Å². The summed E-state index contributed by atoms with van der Waals surface area (Å²) < 4.78 is 0. The lowest BCUT2D eigenvalue weighted by atomic mass is 9.73. The zero-order chi connectivity index (χ0) is 10.6. The van der Waals surface area contributed by atoms with E-state index in [2.05, 4.69) is 26.2 Å². The minimum absolute atomic E-state index is 0.248. The van der Waals surface area contributed by atoms with Gasteiger partial charge in [0.05, 0.1) is 0 Å². The van der Waals surface area contributed by atoms with E-state index in [-0.39, 0.29) is 5.54 Å². The van der Waals surface area contributed by atoms with Crippen LogP contribution in [0.5, 0.6) is 0 Å². The van der Waals surface area contributed by atoms with Crippen LogP contribution in [0.15, 0.2) is 0 Å². The maximum atomic E-state index is 5.88. The van der Waals surface area contributed by atoms with Crippen LogP contribution in [0.25, 0.3) is 0 Å². The number of nitrogens with two attached hydrogens (primary N) is 1. The molecule has 1 rings (SSSR count). The third-order valence-electron chi connectivity index (χ3n) is 3.67. The highest BCUT2D eigenvalue weighted by atomic mass is 15.0. The molecule has 0 amide bonds. The van der Waals surface area contributed by atoms with Gasteiger partial charge >= 0.3 is 0 Å². The summed E-state index contributed by atoms with van der Waals surface area (Å²) in [7, 11) is 2.06. The zero-order valence-electron chi connectivity index (χ0n) is 9.97. The van der Waals surface area contributed by atoms with Crippen molar-refractivity contribution in [2.24, 2.45) is 17.6 Å². The second-order valence-corrected chi connectivity index (χ2v) is 5.33. The van der Waals surface area contributed by atoms with Crippen LogP contribution in [0.4, 0.5) is 0 Å². The molecule has 2 atom stereocenters. The maximum Gasteiger partial charge on any atom is 0.0303 e. The van der Waals surface area contributed by atoms with E-state index >= 15 is 0 Å². The van der Waals surface area contributed by atoms with E-state index in [4.69, 9.17) is 5.73 Å². The molecule has 84 valence electrons. The summed E-state index contributed by atoms with van der Waals surface area (Å²) in [5, 5.41) is 3.45. The first kappa shape index (κ1) is 12.0. The van der Waals surface area contributed by atoms with Crippen molar-refractivity contribution in [2.75, 3.05) is 13.6 Å². The van der Waals surface area contributed by atoms with Gasteiger partial charge in [0.1, 0.15) is 0 Å². The number of hydrogen-bond donors (Lipinski definition) is 2. The van der Waals surface area contributed by atoms with Gasteiger partial charge in [-0.15, -0.1) is 0 Å². The first-order valence-corrected chi connectivity index (χ1v) is 6.01. The summed E-state index contributed by atoms with van der Waals surface area (Å²) in [6.07, 6.45) is 6.65. The van der Waals surface area contributed by atoms with E-state index in [0.29, 0.717) is 0 Å². The molecular formula is C12H26N2. The first-order valence-electron chi connectivity index (χ1n) is 6.01. The van der Waals surface area contributed by atoms with E-state index in [0.717, 1.165) is 18.4 Å². The number of likely N-dealkylation sites (N-methyl/N-ethyl adjacent to an activating group) is 1. The van der Waals surface area contributed by atoms with Crippen molar-refractivity contribution in [3.05, 3.63) is 0 Å². The molecule has 0 aliphatic heterocycles. The fraction of sp³-hybridized carbons (Fsp3) is 1.00. The van der Waals surface area contributed by atoms with Crippen LogP contribution in [-0.4, -0.2) is 19.1 Å². The van der Waals surface area contributed by atoms with Crippen molar-refractivity contribution in [2.45, 2.75) is 51.5 Å². The van der Waals surface area contributed by atoms with Gasteiger partial charge in [0.15, 0.2) is 0 Å². The molecule has 0 bridgehead atoms. The summed E-state index contributed by atoms with van der Waals surface area (Å²) >= 11 is 0. The average Bonchev–Trinajstić information content (AvgIpc) is 2.17. The summed E-state index contributed by atoms with van der Waals surface area (Å²) in [4.78, 5) is 0. The molecule has 14 heavy (non-hydrogen) atoms. The number of hydrogen-bond acceptors (Lipinski definition) is 2. The molecule has 0 aromatic heterocycles. The van der Waals surface area contributed by atoms with Gasteiger partial charge in [-0.3, -0.25) is 0 Å². The van der Waals surface area contributed by atoms with Crippen molar-refractivity contribution < 1.29 is 0 Å². The van der Waals surface area contributed by atoms with Gasteiger partial charge in [0.2, 0.25) is 0 Å². The van der Waals surface area contributed by atoms with Crippen molar-refractivity contribution in [1.29, 1.82) is 0 Å². The van der Waals surface area contributed by atoms with E-state index in [1.54, 1.807) is 0 Å². The van der Waals surface area contributed by atoms with Crippen LogP contribution in [0.2, 0.25) is 0 Å². The Hall–Kier alpha value is -0.0800. The Labute approximate surface area is 88.6 Å². The molecule has 0 spiro atoms. The summed E-state index contributed by atoms with van der Waals surface area (Å²) in [5.74, 6) is 1.71. The largest absolute Gasteiger partial charge is 0.329 e. The molecule has 3 N–H and O–H groups in total. The van der Waals surface area contributed by atoms with Gasteiger partial charge in [0, 0.05) is 12.1 Å². The van der Waals surface area contributed by atoms with Gasteiger partial charge in [0.25, 0.3) is 0 Å². The fourth-order valence-electron chi connectivity index (χ4n) is 2.87. The lowest BCUT2D eigenvalue weighted by Crippen LogP contribution is -2.52. The monoisotopic (exact) mass is 198 g/mol. The fourth-order valence-corrected chi connectivity index (χ4v) is 2.87. The van der Waals surface area contributed by atoms with Gasteiger partial charge < -0.3 is 11.1 Å². The quantitative estimate of drug-likeness (QED) is 0.726. The molecule has 2 nitrogen and oxygen atoms in total. The Bertz CT molecular complexity index is 162. The van der Waals surface area contributed by atoms with E-state index in [9.17, 15) is 0 Å². The maximum absolute atomic E-state index is 5.88. The summed E-state index contributed by atoms with van der Waals surface area (Å²) in [6, 6.07) is 0. The molecule has 0 saturated heterocycles. The molecule has 1 saturated carbocycles.